The predicted molar refractivity (Wildman–Crippen MR) is 95.3 cm³/mol. The summed E-state index contributed by atoms with van der Waals surface area (Å²) in [7, 11) is 0. The van der Waals surface area contributed by atoms with Crippen LogP contribution in [0.1, 0.15) is 34.8 Å². The first-order valence-electron chi connectivity index (χ1n) is 8.36. The molecule has 1 aliphatic heterocycles. The molecule has 4 rings (SSSR count). The summed E-state index contributed by atoms with van der Waals surface area (Å²) in [5, 5.41) is 7.75. The highest BCUT2D eigenvalue weighted by molar-refractivity contribution is 6.31. The minimum Gasteiger partial charge on any atom is -0.361 e. The Balaban J connectivity index is 1.76. The Kier molecular flexibility index (Phi) is 4.22. The zero-order valence-corrected chi connectivity index (χ0v) is 15.5. The van der Waals surface area contributed by atoms with E-state index in [0.29, 0.717) is 22.7 Å². The Morgan fingerprint density at radius 2 is 2.04 bits per heavy atom. The molecule has 0 radical (unpaired) electrons. The van der Waals surface area contributed by atoms with Gasteiger partial charge in [0.15, 0.2) is 0 Å². The summed E-state index contributed by atoms with van der Waals surface area (Å²) in [5.74, 6) is 0.180. The number of hydrogen-bond acceptors (Lipinski definition) is 4. The fraction of sp³-hybridized carbons (Fsp3) is 0.278. The first kappa shape index (κ1) is 18.5. The van der Waals surface area contributed by atoms with E-state index in [0.717, 1.165) is 12.1 Å². The molecule has 0 N–H and O–H groups in total. The lowest BCUT2D eigenvalue weighted by Crippen LogP contribution is -2.42. The lowest BCUT2D eigenvalue weighted by molar-refractivity contribution is -0.137. The number of fused-ring (bicyclic) bond motifs is 1. The van der Waals surface area contributed by atoms with Crippen molar-refractivity contribution in [2.75, 3.05) is 11.4 Å². The molecule has 0 saturated heterocycles. The molecule has 1 atom stereocenters. The summed E-state index contributed by atoms with van der Waals surface area (Å²) in [6, 6.07) is 4.76. The molecule has 1 aliphatic rings. The SMILES string of the molecule is Cc1cc(-c2cnn3c2C(=O)N(c2ccc(C(F)(F)F)c(Cl)c2)C[C@@H]3C)no1. The van der Waals surface area contributed by atoms with Crippen LogP contribution < -0.4 is 4.90 Å². The monoisotopic (exact) mass is 410 g/mol. The van der Waals surface area contributed by atoms with Crippen molar-refractivity contribution in [2.24, 2.45) is 0 Å². The van der Waals surface area contributed by atoms with Crippen LogP contribution in [-0.2, 0) is 6.18 Å². The van der Waals surface area contributed by atoms with Gasteiger partial charge in [0.05, 0.1) is 28.4 Å². The molecule has 2 aromatic heterocycles. The second-order valence-corrected chi connectivity index (χ2v) is 7.01. The highest BCUT2D eigenvalue weighted by Crippen LogP contribution is 2.38. The Morgan fingerprint density at radius 3 is 2.64 bits per heavy atom. The van der Waals surface area contributed by atoms with Gasteiger partial charge in [-0.2, -0.15) is 18.3 Å². The number of carbonyl (C=O) groups is 1. The van der Waals surface area contributed by atoms with Crippen LogP contribution in [0.2, 0.25) is 5.02 Å². The minimum absolute atomic E-state index is 0.199. The molecule has 0 unspecified atom stereocenters. The van der Waals surface area contributed by atoms with Crippen molar-refractivity contribution in [2.45, 2.75) is 26.1 Å². The maximum atomic E-state index is 13.2. The molecule has 10 heteroatoms. The van der Waals surface area contributed by atoms with Gasteiger partial charge in [-0.05, 0) is 32.0 Å². The van der Waals surface area contributed by atoms with Crippen molar-refractivity contribution < 1.29 is 22.5 Å². The van der Waals surface area contributed by atoms with Crippen LogP contribution in [0.4, 0.5) is 18.9 Å². The van der Waals surface area contributed by atoms with Gasteiger partial charge in [0.2, 0.25) is 0 Å². The summed E-state index contributed by atoms with van der Waals surface area (Å²) in [4.78, 5) is 14.6. The van der Waals surface area contributed by atoms with E-state index in [1.54, 1.807) is 17.7 Å². The van der Waals surface area contributed by atoms with E-state index < -0.39 is 22.7 Å². The van der Waals surface area contributed by atoms with Gasteiger partial charge in [0.25, 0.3) is 5.91 Å². The predicted octanol–water partition coefficient (Wildman–Crippen LogP) is 4.74. The molecule has 0 fully saturated rings. The van der Waals surface area contributed by atoms with Crippen molar-refractivity contribution in [3.8, 4) is 11.3 Å². The summed E-state index contributed by atoms with van der Waals surface area (Å²) in [6.45, 7) is 3.83. The molecular formula is C18H14ClF3N4O2. The summed E-state index contributed by atoms with van der Waals surface area (Å²) < 4.78 is 45.6. The number of rotatable bonds is 2. The van der Waals surface area contributed by atoms with Crippen molar-refractivity contribution >= 4 is 23.2 Å². The summed E-state index contributed by atoms with van der Waals surface area (Å²) in [5.41, 5.74) is 0.592. The third kappa shape index (κ3) is 2.95. The molecule has 0 bridgehead atoms. The normalized spacial score (nSPS) is 17.1. The average Bonchev–Trinajstić information content (AvgIpc) is 3.23. The van der Waals surface area contributed by atoms with Gasteiger partial charge in [-0.15, -0.1) is 0 Å². The maximum absolute atomic E-state index is 13.2. The van der Waals surface area contributed by atoms with Crippen LogP contribution in [0.25, 0.3) is 11.3 Å². The van der Waals surface area contributed by atoms with Crippen molar-refractivity contribution in [3.05, 3.63) is 52.5 Å². The minimum atomic E-state index is -4.56. The second kappa shape index (κ2) is 6.37. The maximum Gasteiger partial charge on any atom is 0.417 e. The number of hydrogen-bond donors (Lipinski definition) is 0. The van der Waals surface area contributed by atoms with E-state index in [1.165, 1.54) is 17.2 Å². The number of amides is 1. The number of aromatic nitrogens is 3. The zero-order chi connectivity index (χ0) is 20.2. The Morgan fingerprint density at radius 1 is 1.29 bits per heavy atom. The quantitative estimate of drug-likeness (QED) is 0.612. The van der Waals surface area contributed by atoms with Crippen molar-refractivity contribution in [3.63, 3.8) is 0 Å². The molecule has 0 saturated carbocycles. The number of nitrogens with zero attached hydrogens (tertiary/aromatic N) is 4. The van der Waals surface area contributed by atoms with E-state index in [9.17, 15) is 18.0 Å². The first-order chi connectivity index (χ1) is 13.2. The lowest BCUT2D eigenvalue weighted by Gasteiger charge is -2.32. The smallest absolute Gasteiger partial charge is 0.361 e. The van der Waals surface area contributed by atoms with E-state index in [4.69, 9.17) is 16.1 Å². The number of halogens is 4. The van der Waals surface area contributed by atoms with Crippen molar-refractivity contribution in [1.29, 1.82) is 0 Å². The lowest BCUT2D eigenvalue weighted by atomic mass is 10.1. The molecule has 1 aromatic carbocycles. The number of carbonyl (C=O) groups excluding carboxylic acids is 1. The summed E-state index contributed by atoms with van der Waals surface area (Å²) in [6.07, 6.45) is -3.03. The average molecular weight is 411 g/mol. The van der Waals surface area contributed by atoms with E-state index >= 15 is 0 Å². The Bertz CT molecular complexity index is 1070. The molecule has 146 valence electrons. The molecule has 3 heterocycles. The Hall–Kier alpha value is -2.81. The number of anilines is 1. The first-order valence-corrected chi connectivity index (χ1v) is 8.74. The molecular weight excluding hydrogens is 397 g/mol. The standard InChI is InChI=1S/C18H14ClF3N4O2/c1-9-8-25(11-3-4-13(14(19)6-11)18(20,21)22)17(27)16-12(7-23-26(9)16)15-5-10(2)28-24-15/h3-7,9H,8H2,1-2H3/t9-/m0/s1. The molecule has 3 aromatic rings. The van der Waals surface area contributed by atoms with E-state index in [1.807, 2.05) is 6.92 Å². The van der Waals surface area contributed by atoms with Crippen LogP contribution in [0.15, 0.2) is 35.0 Å². The van der Waals surface area contributed by atoms with Gasteiger partial charge in [-0.25, -0.2) is 0 Å². The van der Waals surface area contributed by atoms with Crippen LogP contribution >= 0.6 is 11.6 Å². The van der Waals surface area contributed by atoms with Gasteiger partial charge < -0.3 is 9.42 Å². The van der Waals surface area contributed by atoms with Crippen LogP contribution in [0.3, 0.4) is 0 Å². The largest absolute Gasteiger partial charge is 0.417 e. The van der Waals surface area contributed by atoms with Crippen LogP contribution in [-0.4, -0.2) is 27.4 Å². The molecule has 0 aliphatic carbocycles. The molecule has 1 amide bonds. The van der Waals surface area contributed by atoms with Gasteiger partial charge in [-0.1, -0.05) is 16.8 Å². The zero-order valence-electron chi connectivity index (χ0n) is 14.8. The van der Waals surface area contributed by atoms with E-state index in [2.05, 4.69) is 10.3 Å². The van der Waals surface area contributed by atoms with Gasteiger partial charge in [0.1, 0.15) is 17.1 Å². The third-order valence-electron chi connectivity index (χ3n) is 4.58. The number of aryl methyl sites for hydroxylation is 1. The molecule has 6 nitrogen and oxygen atoms in total. The van der Waals surface area contributed by atoms with Gasteiger partial charge in [0, 0.05) is 18.3 Å². The van der Waals surface area contributed by atoms with Crippen LogP contribution in [0.5, 0.6) is 0 Å². The van der Waals surface area contributed by atoms with E-state index in [-0.39, 0.29) is 18.3 Å². The Labute approximate surface area is 162 Å². The second-order valence-electron chi connectivity index (χ2n) is 6.60. The third-order valence-corrected chi connectivity index (χ3v) is 4.89. The topological polar surface area (TPSA) is 64.2 Å². The fourth-order valence-corrected chi connectivity index (χ4v) is 3.55. The van der Waals surface area contributed by atoms with Crippen molar-refractivity contribution in [1.82, 2.24) is 14.9 Å². The van der Waals surface area contributed by atoms with Gasteiger partial charge >= 0.3 is 6.18 Å². The number of alkyl halides is 3. The van der Waals surface area contributed by atoms with Crippen LogP contribution in [0, 0.1) is 6.92 Å². The fourth-order valence-electron chi connectivity index (χ4n) is 3.27. The summed E-state index contributed by atoms with van der Waals surface area (Å²) >= 11 is 5.83. The molecule has 0 spiro atoms. The van der Waals surface area contributed by atoms with Gasteiger partial charge in [-0.3, -0.25) is 9.48 Å². The highest BCUT2D eigenvalue weighted by atomic mass is 35.5. The number of benzene rings is 1. The highest BCUT2D eigenvalue weighted by Gasteiger charge is 2.36. The molecule has 28 heavy (non-hydrogen) atoms.